The lowest BCUT2D eigenvalue weighted by Gasteiger charge is -2.33. The lowest BCUT2D eigenvalue weighted by molar-refractivity contribution is -0.129. The number of carbonyl (C=O) groups excluding carboxylic acids is 2. The molecule has 2 amide bonds. The molecule has 3 rings (SSSR count). The van der Waals surface area contributed by atoms with Crippen molar-refractivity contribution in [1.82, 2.24) is 5.32 Å². The molecule has 26 heavy (non-hydrogen) atoms. The Morgan fingerprint density at radius 1 is 1.12 bits per heavy atom. The lowest BCUT2D eigenvalue weighted by atomic mass is 10.1. The summed E-state index contributed by atoms with van der Waals surface area (Å²) < 4.78 is 5.61. The Kier molecular flexibility index (Phi) is 5.38. The van der Waals surface area contributed by atoms with Crippen LogP contribution in [-0.2, 0) is 9.53 Å². The number of nitrogens with zero attached hydrogens (tertiary/aromatic N) is 1. The Hall–Kier alpha value is -2.66. The van der Waals surface area contributed by atoms with Crippen LogP contribution in [0.4, 0.5) is 5.69 Å². The molecule has 1 heterocycles. The number of nitrogens with one attached hydrogen (secondary N) is 1. The van der Waals surface area contributed by atoms with Gasteiger partial charge in [-0.3, -0.25) is 9.59 Å². The first-order valence-corrected chi connectivity index (χ1v) is 8.77. The summed E-state index contributed by atoms with van der Waals surface area (Å²) in [7, 11) is 0. The average molecular weight is 352 g/mol. The zero-order valence-corrected chi connectivity index (χ0v) is 15.4. The van der Waals surface area contributed by atoms with Crippen LogP contribution < -0.4 is 10.2 Å². The van der Waals surface area contributed by atoms with Crippen LogP contribution in [-0.4, -0.2) is 37.6 Å². The molecule has 0 radical (unpaired) electrons. The minimum absolute atomic E-state index is 0.0258. The van der Waals surface area contributed by atoms with E-state index in [0.717, 1.165) is 22.4 Å². The Labute approximate surface area is 154 Å². The van der Waals surface area contributed by atoms with Crippen molar-refractivity contribution in [3.63, 3.8) is 0 Å². The van der Waals surface area contributed by atoms with Crippen LogP contribution in [0.25, 0.3) is 0 Å². The number of hydrogen-bond donors (Lipinski definition) is 1. The summed E-state index contributed by atoms with van der Waals surface area (Å²) in [5.41, 5.74) is 4.78. The van der Waals surface area contributed by atoms with Gasteiger partial charge in [0.1, 0.15) is 6.61 Å². The largest absolute Gasteiger partial charge is 0.365 e. The summed E-state index contributed by atoms with van der Waals surface area (Å²) in [6.07, 6.45) is -0.234. The molecule has 0 aromatic heterocycles. The zero-order valence-electron chi connectivity index (χ0n) is 15.4. The first-order valence-electron chi connectivity index (χ1n) is 8.77. The van der Waals surface area contributed by atoms with Crippen LogP contribution >= 0.6 is 0 Å². The molecule has 0 bridgehead atoms. The van der Waals surface area contributed by atoms with Crippen molar-refractivity contribution < 1.29 is 14.3 Å². The highest BCUT2D eigenvalue weighted by Gasteiger charge is 2.28. The molecule has 1 fully saturated rings. The number of aryl methyl sites for hydroxylation is 3. The third-order valence-corrected chi connectivity index (χ3v) is 4.42. The average Bonchev–Trinajstić information content (AvgIpc) is 2.60. The topological polar surface area (TPSA) is 58.6 Å². The summed E-state index contributed by atoms with van der Waals surface area (Å²) in [5, 5.41) is 2.90. The maximum absolute atomic E-state index is 12.3. The molecule has 5 heteroatoms. The minimum Gasteiger partial charge on any atom is -0.365 e. The van der Waals surface area contributed by atoms with Gasteiger partial charge in [0.25, 0.3) is 11.8 Å². The second-order valence-corrected chi connectivity index (χ2v) is 6.86. The molecular weight excluding hydrogens is 328 g/mol. The molecule has 1 N–H and O–H groups in total. The fraction of sp³-hybridized carbons (Fsp3) is 0.333. The predicted octanol–water partition coefficient (Wildman–Crippen LogP) is 2.77. The van der Waals surface area contributed by atoms with Crippen molar-refractivity contribution in [3.05, 3.63) is 64.7 Å². The molecule has 1 saturated heterocycles. The van der Waals surface area contributed by atoms with Gasteiger partial charge in [-0.15, -0.1) is 0 Å². The third-order valence-electron chi connectivity index (χ3n) is 4.42. The van der Waals surface area contributed by atoms with E-state index in [9.17, 15) is 9.59 Å². The van der Waals surface area contributed by atoms with Crippen LogP contribution in [0, 0.1) is 20.8 Å². The van der Waals surface area contributed by atoms with Gasteiger partial charge >= 0.3 is 0 Å². The van der Waals surface area contributed by atoms with Crippen molar-refractivity contribution in [3.8, 4) is 0 Å². The Morgan fingerprint density at radius 2 is 1.85 bits per heavy atom. The fourth-order valence-corrected chi connectivity index (χ4v) is 3.20. The number of ether oxygens (including phenoxy) is 1. The van der Waals surface area contributed by atoms with Crippen molar-refractivity contribution in [2.75, 3.05) is 24.6 Å². The molecule has 0 saturated carbocycles. The number of benzene rings is 2. The first kappa shape index (κ1) is 18.1. The lowest BCUT2D eigenvalue weighted by Crippen LogP contribution is -2.50. The van der Waals surface area contributed by atoms with Crippen molar-refractivity contribution in [1.29, 1.82) is 0 Å². The normalized spacial score (nSPS) is 17.3. The van der Waals surface area contributed by atoms with Gasteiger partial charge in [0, 0.05) is 17.8 Å². The highest BCUT2D eigenvalue weighted by molar-refractivity contribution is 5.95. The SMILES string of the molecule is Cc1cccc(C(=O)NCC2CN(c3cc(C)cc(C)c3)C(=O)CO2)c1. The summed E-state index contributed by atoms with van der Waals surface area (Å²) >= 11 is 0. The molecule has 2 aromatic carbocycles. The van der Waals surface area contributed by atoms with E-state index in [0.29, 0.717) is 18.7 Å². The van der Waals surface area contributed by atoms with E-state index in [4.69, 9.17) is 4.74 Å². The molecule has 1 aliphatic rings. The number of hydrogen-bond acceptors (Lipinski definition) is 3. The maximum Gasteiger partial charge on any atom is 0.253 e. The summed E-state index contributed by atoms with van der Waals surface area (Å²) in [4.78, 5) is 26.3. The quantitative estimate of drug-likeness (QED) is 0.920. The smallest absolute Gasteiger partial charge is 0.253 e. The van der Waals surface area contributed by atoms with Gasteiger partial charge in [-0.2, -0.15) is 0 Å². The molecular formula is C21H24N2O3. The van der Waals surface area contributed by atoms with Gasteiger partial charge in [0.15, 0.2) is 0 Å². The van der Waals surface area contributed by atoms with Crippen LogP contribution in [0.2, 0.25) is 0 Å². The Morgan fingerprint density at radius 3 is 2.54 bits per heavy atom. The number of carbonyl (C=O) groups is 2. The van der Waals surface area contributed by atoms with E-state index in [-0.39, 0.29) is 24.5 Å². The van der Waals surface area contributed by atoms with Crippen LogP contribution in [0.15, 0.2) is 42.5 Å². The van der Waals surface area contributed by atoms with Gasteiger partial charge in [-0.05, 0) is 56.2 Å². The molecule has 0 spiro atoms. The van der Waals surface area contributed by atoms with E-state index in [1.54, 1.807) is 11.0 Å². The van der Waals surface area contributed by atoms with Gasteiger partial charge in [0.2, 0.25) is 0 Å². The second kappa shape index (κ2) is 7.70. The highest BCUT2D eigenvalue weighted by atomic mass is 16.5. The highest BCUT2D eigenvalue weighted by Crippen LogP contribution is 2.22. The van der Waals surface area contributed by atoms with E-state index in [2.05, 4.69) is 11.4 Å². The van der Waals surface area contributed by atoms with Crippen molar-refractivity contribution in [2.24, 2.45) is 0 Å². The van der Waals surface area contributed by atoms with Crippen molar-refractivity contribution >= 4 is 17.5 Å². The fourth-order valence-electron chi connectivity index (χ4n) is 3.20. The number of morpholine rings is 1. The molecule has 136 valence electrons. The standard InChI is InChI=1S/C21H24N2O3/c1-14-5-4-6-17(8-14)21(25)22-11-19-12-23(20(24)13-26-19)18-9-15(2)7-16(3)10-18/h4-10,19H,11-13H2,1-3H3,(H,22,25). The summed E-state index contributed by atoms with van der Waals surface area (Å²) in [6, 6.07) is 13.5. The maximum atomic E-state index is 12.3. The van der Waals surface area contributed by atoms with E-state index in [1.807, 2.05) is 51.1 Å². The van der Waals surface area contributed by atoms with Crippen molar-refractivity contribution in [2.45, 2.75) is 26.9 Å². The van der Waals surface area contributed by atoms with E-state index < -0.39 is 0 Å². The van der Waals surface area contributed by atoms with Crippen LogP contribution in [0.3, 0.4) is 0 Å². The number of rotatable bonds is 4. The molecule has 5 nitrogen and oxygen atoms in total. The van der Waals surface area contributed by atoms with Crippen LogP contribution in [0.1, 0.15) is 27.0 Å². The summed E-state index contributed by atoms with van der Waals surface area (Å²) in [5.74, 6) is -0.191. The van der Waals surface area contributed by atoms with Gasteiger partial charge in [-0.1, -0.05) is 23.8 Å². The zero-order chi connectivity index (χ0) is 18.7. The number of amides is 2. The molecule has 1 atom stereocenters. The third kappa shape index (κ3) is 4.29. The predicted molar refractivity (Wildman–Crippen MR) is 102 cm³/mol. The second-order valence-electron chi connectivity index (χ2n) is 6.86. The Balaban J connectivity index is 1.64. The minimum atomic E-state index is -0.234. The molecule has 1 aliphatic heterocycles. The van der Waals surface area contributed by atoms with E-state index >= 15 is 0 Å². The van der Waals surface area contributed by atoms with Crippen LogP contribution in [0.5, 0.6) is 0 Å². The molecule has 1 unspecified atom stereocenters. The number of anilines is 1. The first-order chi connectivity index (χ1) is 12.4. The Bertz CT molecular complexity index is 812. The molecule has 0 aliphatic carbocycles. The van der Waals surface area contributed by atoms with E-state index in [1.165, 1.54) is 0 Å². The van der Waals surface area contributed by atoms with Gasteiger partial charge in [0.05, 0.1) is 12.6 Å². The van der Waals surface area contributed by atoms with Gasteiger partial charge in [-0.25, -0.2) is 0 Å². The monoisotopic (exact) mass is 352 g/mol. The van der Waals surface area contributed by atoms with Gasteiger partial charge < -0.3 is 15.0 Å². The molecule has 2 aromatic rings. The summed E-state index contributed by atoms with van der Waals surface area (Å²) in [6.45, 7) is 6.80.